The van der Waals surface area contributed by atoms with Crippen molar-refractivity contribution in [2.45, 2.75) is 0 Å². The second kappa shape index (κ2) is 8.26. The summed E-state index contributed by atoms with van der Waals surface area (Å²) in [5.41, 5.74) is 2.73. The summed E-state index contributed by atoms with van der Waals surface area (Å²) in [6.45, 7) is 3.18. The van der Waals surface area contributed by atoms with Gasteiger partial charge in [0.05, 0.1) is 13.2 Å². The van der Waals surface area contributed by atoms with Gasteiger partial charge in [-0.3, -0.25) is 4.79 Å². The number of amides is 1. The van der Waals surface area contributed by atoms with Crippen molar-refractivity contribution in [3.63, 3.8) is 0 Å². The van der Waals surface area contributed by atoms with Crippen molar-refractivity contribution >= 4 is 44.8 Å². The van der Waals surface area contributed by atoms with Gasteiger partial charge in [0.1, 0.15) is 11.6 Å². The molecule has 1 fully saturated rings. The number of carbonyl (C=O) groups excluding carboxylic acids is 1. The smallest absolute Gasteiger partial charge is 0.266 e. The highest BCUT2D eigenvalue weighted by Crippen LogP contribution is 2.27. The number of thiophene rings is 1. The van der Waals surface area contributed by atoms with Crippen LogP contribution < -0.4 is 10.2 Å². The molecule has 0 saturated carbocycles. The van der Waals surface area contributed by atoms with E-state index in [0.717, 1.165) is 47.6 Å². The SMILES string of the molecule is N#C/C(=C\c1csc2ccccc12)C(=O)Nc1ccc(N2CCOCC2)cc1. The third-order valence-electron chi connectivity index (χ3n) is 4.68. The quantitative estimate of drug-likeness (QED) is 0.534. The highest BCUT2D eigenvalue weighted by molar-refractivity contribution is 7.17. The molecule has 3 aromatic rings. The normalized spacial score (nSPS) is 14.7. The predicted molar refractivity (Wildman–Crippen MR) is 114 cm³/mol. The maximum atomic E-state index is 12.6. The first-order valence-corrected chi connectivity index (χ1v) is 9.95. The summed E-state index contributed by atoms with van der Waals surface area (Å²) in [4.78, 5) is 14.8. The summed E-state index contributed by atoms with van der Waals surface area (Å²) in [7, 11) is 0. The minimum Gasteiger partial charge on any atom is -0.378 e. The zero-order valence-electron chi connectivity index (χ0n) is 15.2. The Bertz CT molecular complexity index is 1060. The zero-order chi connectivity index (χ0) is 19.3. The molecule has 1 amide bonds. The lowest BCUT2D eigenvalue weighted by Crippen LogP contribution is -2.36. The third kappa shape index (κ3) is 3.91. The molecular weight excluding hydrogens is 370 g/mol. The average molecular weight is 389 g/mol. The molecule has 1 aromatic heterocycles. The number of ether oxygens (including phenoxy) is 1. The number of anilines is 2. The molecule has 0 bridgehead atoms. The van der Waals surface area contributed by atoms with Crippen LogP contribution in [0.3, 0.4) is 0 Å². The number of carbonyl (C=O) groups is 1. The van der Waals surface area contributed by atoms with Crippen LogP contribution in [0.2, 0.25) is 0 Å². The molecule has 4 rings (SSSR count). The first-order chi connectivity index (χ1) is 13.7. The Balaban J connectivity index is 1.49. The molecule has 0 aliphatic carbocycles. The Morgan fingerprint density at radius 1 is 1.14 bits per heavy atom. The molecular formula is C22H19N3O2S. The van der Waals surface area contributed by atoms with E-state index >= 15 is 0 Å². The van der Waals surface area contributed by atoms with E-state index in [4.69, 9.17) is 4.74 Å². The van der Waals surface area contributed by atoms with Gasteiger partial charge in [-0.15, -0.1) is 11.3 Å². The molecule has 140 valence electrons. The first kappa shape index (κ1) is 18.2. The topological polar surface area (TPSA) is 65.4 Å². The van der Waals surface area contributed by atoms with Crippen LogP contribution >= 0.6 is 11.3 Å². The Kier molecular flexibility index (Phi) is 5.38. The molecule has 0 unspecified atom stereocenters. The second-order valence-electron chi connectivity index (χ2n) is 6.46. The Morgan fingerprint density at radius 2 is 1.89 bits per heavy atom. The van der Waals surface area contributed by atoms with E-state index in [0.29, 0.717) is 5.69 Å². The van der Waals surface area contributed by atoms with E-state index in [2.05, 4.69) is 10.2 Å². The van der Waals surface area contributed by atoms with Gasteiger partial charge in [0.2, 0.25) is 0 Å². The van der Waals surface area contributed by atoms with Crippen molar-refractivity contribution in [3.05, 3.63) is 65.0 Å². The largest absolute Gasteiger partial charge is 0.378 e. The fourth-order valence-electron chi connectivity index (χ4n) is 3.19. The lowest BCUT2D eigenvalue weighted by molar-refractivity contribution is -0.112. The van der Waals surface area contributed by atoms with Crippen LogP contribution in [0.15, 0.2) is 59.5 Å². The minimum absolute atomic E-state index is 0.0841. The Labute approximate surface area is 167 Å². The molecule has 0 radical (unpaired) electrons. The van der Waals surface area contributed by atoms with Gasteiger partial charge in [0.25, 0.3) is 5.91 Å². The third-order valence-corrected chi connectivity index (χ3v) is 5.66. The van der Waals surface area contributed by atoms with E-state index in [-0.39, 0.29) is 5.57 Å². The van der Waals surface area contributed by atoms with Gasteiger partial charge in [0, 0.05) is 29.2 Å². The van der Waals surface area contributed by atoms with E-state index < -0.39 is 5.91 Å². The van der Waals surface area contributed by atoms with Gasteiger partial charge in [-0.1, -0.05) is 18.2 Å². The highest BCUT2D eigenvalue weighted by Gasteiger charge is 2.13. The van der Waals surface area contributed by atoms with E-state index in [1.807, 2.05) is 60.0 Å². The van der Waals surface area contributed by atoms with Crippen LogP contribution in [0.25, 0.3) is 16.2 Å². The lowest BCUT2D eigenvalue weighted by atomic mass is 10.1. The number of hydrogen-bond acceptors (Lipinski definition) is 5. The van der Waals surface area contributed by atoms with Gasteiger partial charge in [-0.25, -0.2) is 0 Å². The first-order valence-electron chi connectivity index (χ1n) is 9.07. The van der Waals surface area contributed by atoms with Crippen molar-refractivity contribution in [2.24, 2.45) is 0 Å². The molecule has 0 spiro atoms. The highest BCUT2D eigenvalue weighted by atomic mass is 32.1. The monoisotopic (exact) mass is 389 g/mol. The molecule has 0 atom stereocenters. The van der Waals surface area contributed by atoms with Crippen LogP contribution in [-0.2, 0) is 9.53 Å². The maximum absolute atomic E-state index is 12.6. The summed E-state index contributed by atoms with van der Waals surface area (Å²) < 4.78 is 6.50. The van der Waals surface area contributed by atoms with Crippen molar-refractivity contribution in [1.29, 1.82) is 5.26 Å². The number of morpholine rings is 1. The summed E-state index contributed by atoms with van der Waals surface area (Å²) in [5, 5.41) is 15.3. The van der Waals surface area contributed by atoms with Crippen molar-refractivity contribution in [1.82, 2.24) is 0 Å². The lowest BCUT2D eigenvalue weighted by Gasteiger charge is -2.28. The van der Waals surface area contributed by atoms with E-state index in [9.17, 15) is 10.1 Å². The number of fused-ring (bicyclic) bond motifs is 1. The van der Waals surface area contributed by atoms with Gasteiger partial charge in [-0.2, -0.15) is 5.26 Å². The summed E-state index contributed by atoms with van der Waals surface area (Å²) in [5.74, 6) is -0.406. The van der Waals surface area contributed by atoms with E-state index in [1.54, 1.807) is 17.4 Å². The molecule has 1 saturated heterocycles. The number of nitriles is 1. The molecule has 2 aromatic carbocycles. The fraction of sp³-hybridized carbons (Fsp3) is 0.182. The molecule has 1 aliphatic heterocycles. The van der Waals surface area contributed by atoms with Crippen LogP contribution in [-0.4, -0.2) is 32.2 Å². The van der Waals surface area contributed by atoms with Crippen LogP contribution in [0.4, 0.5) is 11.4 Å². The molecule has 1 aliphatic rings. The van der Waals surface area contributed by atoms with Gasteiger partial charge in [-0.05, 0) is 52.7 Å². The molecule has 2 heterocycles. The fourth-order valence-corrected chi connectivity index (χ4v) is 4.11. The number of nitrogens with zero attached hydrogens (tertiary/aromatic N) is 2. The summed E-state index contributed by atoms with van der Waals surface area (Å²) in [6, 6.07) is 17.6. The number of hydrogen-bond donors (Lipinski definition) is 1. The van der Waals surface area contributed by atoms with Crippen molar-refractivity contribution in [3.8, 4) is 6.07 Å². The molecule has 28 heavy (non-hydrogen) atoms. The maximum Gasteiger partial charge on any atom is 0.266 e. The van der Waals surface area contributed by atoms with Crippen molar-refractivity contribution < 1.29 is 9.53 Å². The second-order valence-corrected chi connectivity index (χ2v) is 7.37. The Hall–Kier alpha value is -3.14. The summed E-state index contributed by atoms with van der Waals surface area (Å²) >= 11 is 1.60. The summed E-state index contributed by atoms with van der Waals surface area (Å²) in [6.07, 6.45) is 1.65. The van der Waals surface area contributed by atoms with Gasteiger partial charge >= 0.3 is 0 Å². The standard InChI is InChI=1S/C22H19N3O2S/c23-14-16(13-17-15-28-21-4-2-1-3-20(17)21)22(26)24-18-5-7-19(8-6-18)25-9-11-27-12-10-25/h1-8,13,15H,9-12H2,(H,24,26)/b16-13+. The molecule has 1 N–H and O–H groups in total. The number of rotatable bonds is 4. The molecule has 5 nitrogen and oxygen atoms in total. The van der Waals surface area contributed by atoms with Gasteiger partial charge in [0.15, 0.2) is 0 Å². The average Bonchev–Trinajstić information content (AvgIpc) is 3.16. The predicted octanol–water partition coefficient (Wildman–Crippen LogP) is 4.28. The minimum atomic E-state index is -0.406. The van der Waals surface area contributed by atoms with Gasteiger partial charge < -0.3 is 15.0 Å². The number of nitrogens with one attached hydrogen (secondary N) is 1. The zero-order valence-corrected chi connectivity index (χ0v) is 16.0. The van der Waals surface area contributed by atoms with Crippen LogP contribution in [0.1, 0.15) is 5.56 Å². The number of benzene rings is 2. The van der Waals surface area contributed by atoms with Crippen LogP contribution in [0, 0.1) is 11.3 Å². The molecule has 6 heteroatoms. The van der Waals surface area contributed by atoms with Crippen LogP contribution in [0.5, 0.6) is 0 Å². The van der Waals surface area contributed by atoms with E-state index in [1.165, 1.54) is 0 Å². The van der Waals surface area contributed by atoms with Crippen molar-refractivity contribution in [2.75, 3.05) is 36.5 Å². The Morgan fingerprint density at radius 3 is 2.64 bits per heavy atom.